The van der Waals surface area contributed by atoms with E-state index in [1.54, 1.807) is 11.3 Å². The number of thiazole rings is 1. The molecule has 2 N–H and O–H groups in total. The second-order valence-electron chi connectivity index (χ2n) is 6.50. The highest BCUT2D eigenvalue weighted by Crippen LogP contribution is 2.35. The third-order valence-corrected chi connectivity index (χ3v) is 5.52. The summed E-state index contributed by atoms with van der Waals surface area (Å²) in [6, 6.07) is 16.7. The Morgan fingerprint density at radius 1 is 1.15 bits per heavy atom. The van der Waals surface area contributed by atoms with Gasteiger partial charge in [0.15, 0.2) is 0 Å². The molecule has 136 valence electrons. The molecule has 4 heteroatoms. The van der Waals surface area contributed by atoms with Crippen LogP contribution in [0.1, 0.15) is 42.3 Å². The minimum absolute atomic E-state index is 0.513. The van der Waals surface area contributed by atoms with E-state index in [9.17, 15) is 0 Å². The van der Waals surface area contributed by atoms with E-state index in [4.69, 9.17) is 15.5 Å². The van der Waals surface area contributed by atoms with Crippen molar-refractivity contribution in [2.24, 2.45) is 5.73 Å². The second-order valence-corrected chi connectivity index (χ2v) is 7.45. The number of aromatic nitrogens is 1. The fourth-order valence-corrected chi connectivity index (χ4v) is 3.64. The summed E-state index contributed by atoms with van der Waals surface area (Å²) in [6.45, 7) is 5.64. The third-order valence-electron chi connectivity index (χ3n) is 4.61. The normalized spacial score (nSPS) is 12.1. The molecule has 1 aromatic heterocycles. The van der Waals surface area contributed by atoms with Crippen molar-refractivity contribution in [3.63, 3.8) is 0 Å². The first-order valence-electron chi connectivity index (χ1n) is 9.16. The van der Waals surface area contributed by atoms with Gasteiger partial charge >= 0.3 is 0 Å². The summed E-state index contributed by atoms with van der Waals surface area (Å²) in [5.74, 6) is 1.39. The molecule has 3 nitrogen and oxygen atoms in total. The van der Waals surface area contributed by atoms with Crippen molar-refractivity contribution in [1.82, 2.24) is 4.98 Å². The van der Waals surface area contributed by atoms with E-state index < -0.39 is 0 Å². The maximum Gasteiger partial charge on any atom is 0.129 e. The van der Waals surface area contributed by atoms with Gasteiger partial charge in [0.05, 0.1) is 10.7 Å². The van der Waals surface area contributed by atoms with Crippen molar-refractivity contribution in [2.75, 3.05) is 6.54 Å². The molecule has 2 aromatic carbocycles. The number of hydrogen-bond donors (Lipinski definition) is 1. The summed E-state index contributed by atoms with van der Waals surface area (Å²) < 4.78 is 6.16. The largest absolute Gasteiger partial charge is 0.488 e. The minimum atomic E-state index is 0.513. The van der Waals surface area contributed by atoms with Gasteiger partial charge in [-0.25, -0.2) is 4.98 Å². The molecule has 0 saturated heterocycles. The quantitative estimate of drug-likeness (QED) is 0.580. The van der Waals surface area contributed by atoms with Gasteiger partial charge in [-0.3, -0.25) is 0 Å². The number of ether oxygens (including phenoxy) is 1. The van der Waals surface area contributed by atoms with Gasteiger partial charge in [-0.1, -0.05) is 50.2 Å². The Balaban J connectivity index is 1.91. The van der Waals surface area contributed by atoms with Crippen LogP contribution in [0.3, 0.4) is 0 Å². The third kappa shape index (κ3) is 4.51. The van der Waals surface area contributed by atoms with E-state index in [2.05, 4.69) is 49.6 Å². The zero-order valence-corrected chi connectivity index (χ0v) is 16.3. The van der Waals surface area contributed by atoms with E-state index in [0.29, 0.717) is 19.1 Å². The predicted octanol–water partition coefficient (Wildman–Crippen LogP) is 5.40. The van der Waals surface area contributed by atoms with Crippen LogP contribution in [-0.4, -0.2) is 11.5 Å². The Bertz CT molecular complexity index is 829. The zero-order valence-electron chi connectivity index (χ0n) is 15.4. The van der Waals surface area contributed by atoms with Crippen LogP contribution in [0.4, 0.5) is 0 Å². The van der Waals surface area contributed by atoms with Gasteiger partial charge in [-0.2, -0.15) is 0 Å². The van der Waals surface area contributed by atoms with E-state index >= 15 is 0 Å². The lowest BCUT2D eigenvalue weighted by atomic mass is 9.96. The predicted molar refractivity (Wildman–Crippen MR) is 110 cm³/mol. The van der Waals surface area contributed by atoms with E-state index in [-0.39, 0.29) is 0 Å². The van der Waals surface area contributed by atoms with Gasteiger partial charge in [-0.15, -0.1) is 11.3 Å². The van der Waals surface area contributed by atoms with Crippen molar-refractivity contribution in [2.45, 2.75) is 39.2 Å². The van der Waals surface area contributed by atoms with Gasteiger partial charge in [0.2, 0.25) is 0 Å². The van der Waals surface area contributed by atoms with E-state index in [1.807, 2.05) is 18.2 Å². The van der Waals surface area contributed by atoms with Crippen LogP contribution in [0.25, 0.3) is 11.3 Å². The van der Waals surface area contributed by atoms with Crippen molar-refractivity contribution in [3.8, 4) is 17.0 Å². The Kier molecular flexibility index (Phi) is 6.42. The topological polar surface area (TPSA) is 48.1 Å². The molecule has 0 fully saturated rings. The summed E-state index contributed by atoms with van der Waals surface area (Å²) >= 11 is 1.67. The van der Waals surface area contributed by atoms with Crippen LogP contribution in [0.15, 0.2) is 53.9 Å². The molecule has 1 atom stereocenters. The number of nitrogens with two attached hydrogens (primary N) is 1. The highest BCUT2D eigenvalue weighted by atomic mass is 32.1. The molecule has 3 rings (SSSR count). The molecule has 0 saturated carbocycles. The Hall–Kier alpha value is -2.17. The summed E-state index contributed by atoms with van der Waals surface area (Å²) in [4.78, 5) is 4.77. The Labute approximate surface area is 159 Å². The van der Waals surface area contributed by atoms with Crippen molar-refractivity contribution < 1.29 is 4.74 Å². The molecule has 0 bridgehead atoms. The molecule has 0 spiro atoms. The second kappa shape index (κ2) is 8.97. The van der Waals surface area contributed by atoms with Crippen LogP contribution < -0.4 is 10.5 Å². The van der Waals surface area contributed by atoms with Crippen LogP contribution >= 0.6 is 11.3 Å². The number of hydrogen-bond acceptors (Lipinski definition) is 4. The first-order chi connectivity index (χ1) is 12.7. The van der Waals surface area contributed by atoms with Gasteiger partial charge in [0.1, 0.15) is 12.4 Å². The first kappa shape index (κ1) is 18.6. The van der Waals surface area contributed by atoms with Gasteiger partial charge in [-0.05, 0) is 42.1 Å². The van der Waals surface area contributed by atoms with Gasteiger partial charge in [0.25, 0.3) is 0 Å². The Morgan fingerprint density at radius 2 is 1.96 bits per heavy atom. The zero-order chi connectivity index (χ0) is 18.4. The lowest BCUT2D eigenvalue weighted by Gasteiger charge is -2.15. The molecular formula is C22H26N2OS. The molecule has 3 aromatic rings. The SMILES string of the molecule is CCC(C)c1ccc(OCc2ccccc2)c(-c2csc(CCN)n2)c1. The molecule has 0 aliphatic heterocycles. The summed E-state index contributed by atoms with van der Waals surface area (Å²) in [7, 11) is 0. The fraction of sp³-hybridized carbons (Fsp3) is 0.318. The average Bonchev–Trinajstić information content (AvgIpc) is 3.15. The lowest BCUT2D eigenvalue weighted by Crippen LogP contribution is -2.02. The van der Waals surface area contributed by atoms with E-state index in [1.165, 1.54) is 5.56 Å². The molecule has 0 radical (unpaired) electrons. The summed E-state index contributed by atoms with van der Waals surface area (Å²) in [5, 5.41) is 3.18. The molecule has 0 aliphatic rings. The summed E-state index contributed by atoms with van der Waals surface area (Å²) in [6.07, 6.45) is 1.93. The molecule has 26 heavy (non-hydrogen) atoms. The lowest BCUT2D eigenvalue weighted by molar-refractivity contribution is 0.307. The highest BCUT2D eigenvalue weighted by Gasteiger charge is 2.14. The van der Waals surface area contributed by atoms with Crippen LogP contribution in [0.2, 0.25) is 0 Å². The standard InChI is InChI=1S/C22H26N2OS/c1-3-16(2)18-9-10-21(25-14-17-7-5-4-6-8-17)19(13-18)20-15-26-22(24-20)11-12-23/h4-10,13,15-16H,3,11-12,14,23H2,1-2H3. The minimum Gasteiger partial charge on any atom is -0.488 e. The van der Waals surface area contributed by atoms with Crippen molar-refractivity contribution in [3.05, 3.63) is 70.0 Å². The molecule has 0 amide bonds. The van der Waals surface area contributed by atoms with Gasteiger partial charge in [0, 0.05) is 17.4 Å². The monoisotopic (exact) mass is 366 g/mol. The van der Waals surface area contributed by atoms with Crippen molar-refractivity contribution in [1.29, 1.82) is 0 Å². The maximum atomic E-state index is 6.16. The molecular weight excluding hydrogens is 340 g/mol. The highest BCUT2D eigenvalue weighted by molar-refractivity contribution is 7.09. The molecule has 1 heterocycles. The number of nitrogens with zero attached hydrogens (tertiary/aromatic N) is 1. The number of rotatable bonds is 8. The number of benzene rings is 2. The van der Waals surface area contributed by atoms with Crippen LogP contribution in [0.5, 0.6) is 5.75 Å². The van der Waals surface area contributed by atoms with Crippen LogP contribution in [0, 0.1) is 0 Å². The average molecular weight is 367 g/mol. The maximum absolute atomic E-state index is 6.16. The van der Waals surface area contributed by atoms with Crippen LogP contribution in [-0.2, 0) is 13.0 Å². The van der Waals surface area contributed by atoms with Gasteiger partial charge < -0.3 is 10.5 Å². The summed E-state index contributed by atoms with van der Waals surface area (Å²) in [5.41, 5.74) is 10.2. The Morgan fingerprint density at radius 3 is 2.69 bits per heavy atom. The van der Waals surface area contributed by atoms with E-state index in [0.717, 1.165) is 40.4 Å². The fourth-order valence-electron chi connectivity index (χ4n) is 2.82. The van der Waals surface area contributed by atoms with Crippen molar-refractivity contribution >= 4 is 11.3 Å². The molecule has 1 unspecified atom stereocenters. The first-order valence-corrected chi connectivity index (χ1v) is 10.0. The smallest absolute Gasteiger partial charge is 0.129 e. The molecule has 0 aliphatic carbocycles.